The van der Waals surface area contributed by atoms with Crippen LogP contribution in [0, 0.1) is 17.7 Å². The molecule has 0 N–H and O–H groups in total. The number of hydrogen-bond donors (Lipinski definition) is 0. The number of alkyl halides is 2. The van der Waals surface area contributed by atoms with Crippen molar-refractivity contribution < 1.29 is 17.9 Å². The van der Waals surface area contributed by atoms with Crippen LogP contribution in [0.1, 0.15) is 131 Å². The number of unbranched alkanes of at least 4 members (excludes halogenated alkanes) is 2. The Labute approximate surface area is 228 Å². The first-order valence-corrected chi connectivity index (χ1v) is 15.3. The van der Waals surface area contributed by atoms with Crippen molar-refractivity contribution in [2.45, 2.75) is 122 Å². The zero-order valence-electron chi connectivity index (χ0n) is 23.5. The minimum atomic E-state index is -3.64. The lowest BCUT2D eigenvalue weighted by atomic mass is 9.77. The second-order valence-corrected chi connectivity index (χ2v) is 11.9. The van der Waals surface area contributed by atoms with Crippen molar-refractivity contribution in [1.82, 2.24) is 0 Å². The Morgan fingerprint density at radius 3 is 1.97 bits per heavy atom. The molecule has 0 atom stereocenters. The molecule has 2 aromatic carbocycles. The molecule has 0 saturated heterocycles. The highest BCUT2D eigenvalue weighted by Gasteiger charge is 2.36. The number of rotatable bonds is 12. The first-order valence-electron chi connectivity index (χ1n) is 15.3. The van der Waals surface area contributed by atoms with Crippen molar-refractivity contribution in [3.05, 3.63) is 70.5 Å². The fourth-order valence-corrected chi connectivity index (χ4v) is 6.72. The molecular weight excluding hydrogens is 481 g/mol. The number of hydrogen-bond acceptors (Lipinski definition) is 1. The molecule has 2 saturated carbocycles. The molecule has 0 bridgehead atoms. The maximum Gasteiger partial charge on any atom is 0.386 e. The van der Waals surface area contributed by atoms with E-state index < -0.39 is 17.5 Å². The van der Waals surface area contributed by atoms with Crippen LogP contribution in [-0.2, 0) is 17.3 Å². The van der Waals surface area contributed by atoms with Gasteiger partial charge in [0.1, 0.15) is 5.82 Å². The second-order valence-electron chi connectivity index (χ2n) is 11.9. The Morgan fingerprint density at radius 2 is 1.37 bits per heavy atom. The van der Waals surface area contributed by atoms with Crippen molar-refractivity contribution in [1.29, 1.82) is 0 Å². The molecule has 0 aliphatic heterocycles. The maximum atomic E-state index is 14.8. The molecule has 0 radical (unpaired) electrons. The first kappa shape index (κ1) is 29.2. The summed E-state index contributed by atoms with van der Waals surface area (Å²) in [5.74, 6) is 1.64. The van der Waals surface area contributed by atoms with Gasteiger partial charge in [0.05, 0.1) is 12.2 Å². The van der Waals surface area contributed by atoms with Crippen LogP contribution in [0.4, 0.5) is 13.2 Å². The van der Waals surface area contributed by atoms with E-state index in [1.165, 1.54) is 75.5 Å². The molecule has 0 unspecified atom stereocenters. The zero-order chi connectivity index (χ0) is 27.0. The highest BCUT2D eigenvalue weighted by Crippen LogP contribution is 2.40. The smallest absolute Gasteiger partial charge is 0.316 e. The summed E-state index contributed by atoms with van der Waals surface area (Å²) in [6.45, 7) is 4.31. The van der Waals surface area contributed by atoms with Crippen LogP contribution in [0.25, 0.3) is 0 Å². The molecule has 2 aliphatic rings. The Balaban J connectivity index is 1.24. The molecule has 2 aromatic rings. The molecule has 1 nitrogen and oxygen atoms in total. The maximum absolute atomic E-state index is 14.8. The molecule has 0 spiro atoms. The SMILES string of the molecule is CCCCC[C@H]1CC[C@H](c2ccc(CCOC(F)(F)c3ccc([C@H]4CC[C@H](CC)CC4)cc3F)cc2)CC1. The van der Waals surface area contributed by atoms with E-state index in [4.69, 9.17) is 4.74 Å². The van der Waals surface area contributed by atoms with E-state index >= 15 is 0 Å². The summed E-state index contributed by atoms with van der Waals surface area (Å²) in [4.78, 5) is 0. The zero-order valence-corrected chi connectivity index (χ0v) is 23.5. The minimum absolute atomic E-state index is 0.155. The van der Waals surface area contributed by atoms with Crippen LogP contribution in [0.2, 0.25) is 0 Å². The van der Waals surface area contributed by atoms with Gasteiger partial charge in [-0.05, 0) is 110 Å². The van der Waals surface area contributed by atoms with Gasteiger partial charge in [-0.2, -0.15) is 8.78 Å². The predicted octanol–water partition coefficient (Wildman–Crippen LogP) is 10.7. The van der Waals surface area contributed by atoms with Gasteiger partial charge >= 0.3 is 6.11 Å². The third kappa shape index (κ3) is 7.87. The van der Waals surface area contributed by atoms with Crippen molar-refractivity contribution in [2.24, 2.45) is 11.8 Å². The largest absolute Gasteiger partial charge is 0.386 e. The Morgan fingerprint density at radius 1 is 0.763 bits per heavy atom. The average molecular weight is 529 g/mol. The average Bonchev–Trinajstić information content (AvgIpc) is 2.94. The van der Waals surface area contributed by atoms with Crippen LogP contribution >= 0.6 is 0 Å². The van der Waals surface area contributed by atoms with Gasteiger partial charge in [0.25, 0.3) is 0 Å². The Bertz CT molecular complexity index is 970. The fourth-order valence-electron chi connectivity index (χ4n) is 6.72. The molecule has 4 rings (SSSR count). The summed E-state index contributed by atoms with van der Waals surface area (Å²) in [5.41, 5.74) is 2.50. The molecule has 38 heavy (non-hydrogen) atoms. The van der Waals surface area contributed by atoms with Crippen molar-refractivity contribution in [3.63, 3.8) is 0 Å². The summed E-state index contributed by atoms with van der Waals surface area (Å²) in [5, 5.41) is 0. The molecule has 2 aliphatic carbocycles. The Hall–Kier alpha value is -1.81. The molecule has 4 heteroatoms. The summed E-state index contributed by atoms with van der Waals surface area (Å²) in [7, 11) is 0. The predicted molar refractivity (Wildman–Crippen MR) is 150 cm³/mol. The first-order chi connectivity index (χ1) is 18.4. The normalized spacial score (nSPS) is 24.4. The monoisotopic (exact) mass is 528 g/mol. The lowest BCUT2D eigenvalue weighted by molar-refractivity contribution is -0.249. The number of benzene rings is 2. The summed E-state index contributed by atoms with van der Waals surface area (Å²) >= 11 is 0. The topological polar surface area (TPSA) is 9.23 Å². The van der Waals surface area contributed by atoms with Gasteiger partial charge < -0.3 is 4.74 Å². The molecule has 210 valence electrons. The molecule has 2 fully saturated rings. The third-order valence-electron chi connectivity index (χ3n) is 9.39. The number of halogens is 3. The van der Waals surface area contributed by atoms with Crippen LogP contribution in [-0.4, -0.2) is 6.61 Å². The van der Waals surface area contributed by atoms with Gasteiger partial charge in [0.2, 0.25) is 0 Å². The van der Waals surface area contributed by atoms with E-state index in [0.29, 0.717) is 12.3 Å². The Kier molecular flexibility index (Phi) is 10.8. The van der Waals surface area contributed by atoms with Crippen molar-refractivity contribution >= 4 is 0 Å². The molecular formula is C34H47F3O. The van der Waals surface area contributed by atoms with Gasteiger partial charge in [-0.3, -0.25) is 0 Å². The minimum Gasteiger partial charge on any atom is -0.316 e. The van der Waals surface area contributed by atoms with E-state index in [-0.39, 0.29) is 12.5 Å². The standard InChI is InChI=1S/C34H47F3O/c1-3-5-6-7-26-10-16-28(17-11-26)29-18-12-27(13-19-29)22-23-38-34(36,37)32-21-20-31(24-33(32)35)30-14-8-25(4-2)9-15-30/h12-13,18-21,24-26,28,30H,3-11,14-17,22-23H2,1-2H3/t25-,26-,28-,30-. The van der Waals surface area contributed by atoms with Crippen LogP contribution in [0.3, 0.4) is 0 Å². The van der Waals surface area contributed by atoms with Crippen molar-refractivity contribution in [2.75, 3.05) is 6.61 Å². The van der Waals surface area contributed by atoms with Gasteiger partial charge in [-0.1, -0.05) is 76.3 Å². The van der Waals surface area contributed by atoms with E-state index in [1.807, 2.05) is 12.1 Å². The van der Waals surface area contributed by atoms with Gasteiger partial charge in [0.15, 0.2) is 0 Å². The summed E-state index contributed by atoms with van der Waals surface area (Å²) < 4.78 is 49.2. The quantitative estimate of drug-likeness (QED) is 0.249. The van der Waals surface area contributed by atoms with E-state index in [0.717, 1.165) is 48.6 Å². The van der Waals surface area contributed by atoms with Gasteiger partial charge in [-0.25, -0.2) is 4.39 Å². The van der Waals surface area contributed by atoms with E-state index in [2.05, 4.69) is 26.0 Å². The van der Waals surface area contributed by atoms with E-state index in [9.17, 15) is 13.2 Å². The summed E-state index contributed by atoms with van der Waals surface area (Å²) in [6, 6.07) is 12.6. The molecule has 0 aromatic heterocycles. The molecule has 0 heterocycles. The van der Waals surface area contributed by atoms with Crippen LogP contribution in [0.5, 0.6) is 0 Å². The lowest BCUT2D eigenvalue weighted by Gasteiger charge is -2.29. The lowest BCUT2D eigenvalue weighted by Crippen LogP contribution is -2.22. The third-order valence-corrected chi connectivity index (χ3v) is 9.39. The van der Waals surface area contributed by atoms with E-state index in [1.54, 1.807) is 6.07 Å². The second kappa shape index (κ2) is 14.0. The molecule has 0 amide bonds. The highest BCUT2D eigenvalue weighted by atomic mass is 19.3. The van der Waals surface area contributed by atoms with Crippen molar-refractivity contribution in [3.8, 4) is 0 Å². The fraction of sp³-hybridized carbons (Fsp3) is 0.647. The van der Waals surface area contributed by atoms with Crippen LogP contribution in [0.15, 0.2) is 42.5 Å². The van der Waals surface area contributed by atoms with Crippen LogP contribution < -0.4 is 0 Å². The summed E-state index contributed by atoms with van der Waals surface area (Å²) in [6.07, 6.45) is 12.7. The van der Waals surface area contributed by atoms with Gasteiger partial charge in [0, 0.05) is 0 Å². The number of ether oxygens (including phenoxy) is 1. The highest BCUT2D eigenvalue weighted by molar-refractivity contribution is 5.29. The van der Waals surface area contributed by atoms with Gasteiger partial charge in [-0.15, -0.1) is 0 Å².